The predicted molar refractivity (Wildman–Crippen MR) is 80.0 cm³/mol. The van der Waals surface area contributed by atoms with Gasteiger partial charge in [0.15, 0.2) is 5.84 Å². The van der Waals surface area contributed by atoms with Gasteiger partial charge in [-0.15, -0.1) is 11.8 Å². The molecule has 0 saturated heterocycles. The van der Waals surface area contributed by atoms with Crippen molar-refractivity contribution in [2.24, 2.45) is 10.9 Å². The van der Waals surface area contributed by atoms with Gasteiger partial charge < -0.3 is 10.9 Å². The monoisotopic (exact) mass is 279 g/mol. The summed E-state index contributed by atoms with van der Waals surface area (Å²) in [5.74, 6) is 1.95. The molecule has 1 aromatic rings. The van der Waals surface area contributed by atoms with Crippen molar-refractivity contribution in [2.75, 3.05) is 25.4 Å². The van der Waals surface area contributed by atoms with Crippen molar-refractivity contribution in [3.63, 3.8) is 0 Å². The van der Waals surface area contributed by atoms with Crippen LogP contribution in [0.3, 0.4) is 0 Å². The first-order valence-electron chi connectivity index (χ1n) is 6.65. The highest BCUT2D eigenvalue weighted by Crippen LogP contribution is 2.39. The fraction of sp³-hybridized carbons (Fsp3) is 0.500. The number of benzene rings is 1. The number of hydrogen-bond donors (Lipinski definition) is 2. The van der Waals surface area contributed by atoms with E-state index in [1.54, 1.807) is 0 Å². The van der Waals surface area contributed by atoms with Gasteiger partial charge in [0.1, 0.15) is 0 Å². The molecule has 2 rings (SSSR count). The van der Waals surface area contributed by atoms with Crippen LogP contribution in [0.4, 0.5) is 0 Å². The summed E-state index contributed by atoms with van der Waals surface area (Å²) >= 11 is 1.92. The third kappa shape index (κ3) is 3.64. The van der Waals surface area contributed by atoms with Crippen LogP contribution in [0.2, 0.25) is 0 Å². The topological polar surface area (TPSA) is 61.8 Å². The zero-order valence-corrected chi connectivity index (χ0v) is 12.1. The molecule has 0 fully saturated rings. The molecule has 4 nitrogen and oxygen atoms in total. The van der Waals surface area contributed by atoms with Gasteiger partial charge >= 0.3 is 0 Å². The maximum Gasteiger partial charge on any atom is 0.153 e. The largest absolute Gasteiger partial charge is 0.409 e. The second-order valence-corrected chi connectivity index (χ2v) is 5.93. The maximum atomic E-state index is 8.70. The molecule has 0 bridgehead atoms. The van der Waals surface area contributed by atoms with E-state index in [-0.39, 0.29) is 5.84 Å². The van der Waals surface area contributed by atoms with Crippen LogP contribution in [-0.4, -0.2) is 41.3 Å². The summed E-state index contributed by atoms with van der Waals surface area (Å²) in [5, 5.41) is 11.8. The van der Waals surface area contributed by atoms with Gasteiger partial charge in [0, 0.05) is 23.1 Å². The molecule has 1 heterocycles. The Morgan fingerprint density at radius 1 is 1.53 bits per heavy atom. The zero-order chi connectivity index (χ0) is 13.7. The standard InChI is InChI=1S/C14H21N3OS/c1-2-7-17(9-14(15)16-18)8-11-10-19-13-6-4-3-5-12(11)13/h3-6,11,18H,2,7-10H2,1H3,(H2,15,16). The number of nitrogens with zero attached hydrogens (tertiary/aromatic N) is 2. The smallest absolute Gasteiger partial charge is 0.153 e. The zero-order valence-electron chi connectivity index (χ0n) is 11.2. The molecular weight excluding hydrogens is 258 g/mol. The van der Waals surface area contributed by atoms with Crippen molar-refractivity contribution in [1.82, 2.24) is 4.90 Å². The van der Waals surface area contributed by atoms with Crippen LogP contribution in [0.5, 0.6) is 0 Å². The van der Waals surface area contributed by atoms with Gasteiger partial charge in [-0.3, -0.25) is 4.90 Å². The minimum Gasteiger partial charge on any atom is -0.409 e. The van der Waals surface area contributed by atoms with Crippen molar-refractivity contribution in [3.05, 3.63) is 29.8 Å². The van der Waals surface area contributed by atoms with E-state index in [1.807, 2.05) is 11.8 Å². The van der Waals surface area contributed by atoms with Crippen LogP contribution in [-0.2, 0) is 0 Å². The number of nitrogens with two attached hydrogens (primary N) is 1. The van der Waals surface area contributed by atoms with Crippen molar-refractivity contribution >= 4 is 17.6 Å². The lowest BCUT2D eigenvalue weighted by atomic mass is 10.0. The molecule has 104 valence electrons. The van der Waals surface area contributed by atoms with E-state index in [0.29, 0.717) is 12.5 Å². The molecule has 5 heteroatoms. The molecule has 0 spiro atoms. The minimum atomic E-state index is 0.285. The van der Waals surface area contributed by atoms with Gasteiger partial charge in [-0.2, -0.15) is 0 Å². The summed E-state index contributed by atoms with van der Waals surface area (Å²) in [6.45, 7) is 4.62. The Kier molecular flexibility index (Phi) is 5.10. The lowest BCUT2D eigenvalue weighted by Crippen LogP contribution is -2.37. The summed E-state index contributed by atoms with van der Waals surface area (Å²) in [7, 11) is 0. The van der Waals surface area contributed by atoms with Crippen LogP contribution in [0.1, 0.15) is 24.8 Å². The Morgan fingerprint density at radius 2 is 2.32 bits per heavy atom. The summed E-state index contributed by atoms with van der Waals surface area (Å²) in [5.41, 5.74) is 7.06. The summed E-state index contributed by atoms with van der Waals surface area (Å²) in [6.07, 6.45) is 1.07. The summed E-state index contributed by atoms with van der Waals surface area (Å²) in [4.78, 5) is 3.66. The van der Waals surface area contributed by atoms with Crippen LogP contribution < -0.4 is 5.73 Å². The third-order valence-corrected chi connectivity index (χ3v) is 4.58. The fourth-order valence-electron chi connectivity index (χ4n) is 2.50. The Hall–Kier alpha value is -1.20. The molecule has 0 saturated carbocycles. The first kappa shape index (κ1) is 14.2. The SMILES string of the molecule is CCCN(CC(N)=NO)CC1CSc2ccccc21. The van der Waals surface area contributed by atoms with E-state index in [1.165, 1.54) is 10.5 Å². The molecule has 19 heavy (non-hydrogen) atoms. The molecule has 0 aliphatic carbocycles. The number of oxime groups is 1. The number of fused-ring (bicyclic) bond motifs is 1. The molecule has 0 aromatic heterocycles. The molecule has 1 atom stereocenters. The highest BCUT2D eigenvalue weighted by molar-refractivity contribution is 7.99. The average Bonchev–Trinajstić information content (AvgIpc) is 2.82. The van der Waals surface area contributed by atoms with Gasteiger partial charge in [0.2, 0.25) is 0 Å². The second kappa shape index (κ2) is 6.82. The van der Waals surface area contributed by atoms with E-state index in [0.717, 1.165) is 25.3 Å². The molecule has 1 unspecified atom stereocenters. The lowest BCUT2D eigenvalue weighted by molar-refractivity contribution is 0.282. The third-order valence-electron chi connectivity index (χ3n) is 3.33. The number of rotatable bonds is 6. The van der Waals surface area contributed by atoms with Crippen molar-refractivity contribution in [3.8, 4) is 0 Å². The van der Waals surface area contributed by atoms with E-state index < -0.39 is 0 Å². The van der Waals surface area contributed by atoms with Crippen LogP contribution in [0.15, 0.2) is 34.3 Å². The van der Waals surface area contributed by atoms with Crippen molar-refractivity contribution in [2.45, 2.75) is 24.2 Å². The van der Waals surface area contributed by atoms with Gasteiger partial charge in [0.25, 0.3) is 0 Å². The normalized spacial score (nSPS) is 18.8. The molecule has 3 N–H and O–H groups in total. The lowest BCUT2D eigenvalue weighted by Gasteiger charge is -2.24. The van der Waals surface area contributed by atoms with Gasteiger partial charge in [0.05, 0.1) is 6.54 Å². The predicted octanol–water partition coefficient (Wildman–Crippen LogP) is 2.33. The Labute approximate surface area is 118 Å². The molecule has 0 radical (unpaired) electrons. The van der Waals surface area contributed by atoms with Crippen LogP contribution >= 0.6 is 11.8 Å². The Balaban J connectivity index is 2.02. The van der Waals surface area contributed by atoms with Gasteiger partial charge in [-0.1, -0.05) is 30.3 Å². The quantitative estimate of drug-likeness (QED) is 0.363. The molecule has 1 aromatic carbocycles. The van der Waals surface area contributed by atoms with Crippen molar-refractivity contribution in [1.29, 1.82) is 0 Å². The minimum absolute atomic E-state index is 0.285. The first-order valence-corrected chi connectivity index (χ1v) is 7.63. The molecular formula is C14H21N3OS. The summed E-state index contributed by atoms with van der Waals surface area (Å²) in [6, 6.07) is 8.60. The van der Waals surface area contributed by atoms with E-state index in [9.17, 15) is 0 Å². The van der Waals surface area contributed by atoms with Crippen LogP contribution in [0.25, 0.3) is 0 Å². The molecule has 1 aliphatic rings. The van der Waals surface area contributed by atoms with Crippen LogP contribution in [0, 0.1) is 0 Å². The maximum absolute atomic E-state index is 8.70. The molecule has 0 amide bonds. The molecule has 1 aliphatic heterocycles. The summed E-state index contributed by atoms with van der Waals surface area (Å²) < 4.78 is 0. The Bertz CT molecular complexity index is 450. The number of thioether (sulfide) groups is 1. The number of hydrogen-bond acceptors (Lipinski definition) is 4. The van der Waals surface area contributed by atoms with Gasteiger partial charge in [-0.25, -0.2) is 0 Å². The Morgan fingerprint density at radius 3 is 3.05 bits per heavy atom. The second-order valence-electron chi connectivity index (χ2n) is 4.87. The highest BCUT2D eigenvalue weighted by atomic mass is 32.2. The van der Waals surface area contributed by atoms with E-state index >= 15 is 0 Å². The first-order chi connectivity index (χ1) is 9.24. The van der Waals surface area contributed by atoms with E-state index in [4.69, 9.17) is 10.9 Å². The number of amidine groups is 1. The highest BCUT2D eigenvalue weighted by Gasteiger charge is 2.24. The van der Waals surface area contributed by atoms with Gasteiger partial charge in [-0.05, 0) is 24.6 Å². The fourth-order valence-corrected chi connectivity index (χ4v) is 3.75. The van der Waals surface area contributed by atoms with Crippen molar-refractivity contribution < 1.29 is 5.21 Å². The average molecular weight is 279 g/mol. The van der Waals surface area contributed by atoms with E-state index in [2.05, 4.69) is 41.2 Å².